The zero-order valence-electron chi connectivity index (χ0n) is 8.13. The van der Waals surface area contributed by atoms with Crippen molar-refractivity contribution in [3.8, 4) is 0 Å². The van der Waals surface area contributed by atoms with Gasteiger partial charge in [-0.1, -0.05) is 11.3 Å². The van der Waals surface area contributed by atoms with Crippen LogP contribution in [0.25, 0.3) is 0 Å². The largest absolute Gasteiger partial charge is 0.431 e. The van der Waals surface area contributed by atoms with Crippen LogP contribution in [0, 0.1) is 0 Å². The number of carbonyl (C=O) groups excluding carboxylic acids is 1. The molecular formula is C7H4F6N2O2S. The maximum atomic E-state index is 12.4. The number of nitrogens with one attached hydrogen (secondary N) is 1. The van der Waals surface area contributed by atoms with Crippen molar-refractivity contribution >= 4 is 22.9 Å². The summed E-state index contributed by atoms with van der Waals surface area (Å²) in [6.07, 6.45) is -11.7. The third-order valence-corrected chi connectivity index (χ3v) is 2.90. The fourth-order valence-corrected chi connectivity index (χ4v) is 1.90. The van der Waals surface area contributed by atoms with E-state index in [1.165, 1.54) is 0 Å². The van der Waals surface area contributed by atoms with Crippen LogP contribution in [-0.2, 0) is 10.4 Å². The quantitative estimate of drug-likeness (QED) is 0.662. The Morgan fingerprint density at radius 2 is 1.72 bits per heavy atom. The van der Waals surface area contributed by atoms with Crippen molar-refractivity contribution in [1.29, 1.82) is 0 Å². The fourth-order valence-electron chi connectivity index (χ4n) is 0.999. The van der Waals surface area contributed by atoms with Crippen molar-refractivity contribution in [2.75, 3.05) is 5.32 Å². The number of amides is 1. The minimum absolute atomic E-state index is 0.0306. The van der Waals surface area contributed by atoms with Crippen LogP contribution in [0.3, 0.4) is 0 Å². The molecule has 0 bridgehead atoms. The maximum Gasteiger partial charge on any atom is 0.431 e. The van der Waals surface area contributed by atoms with E-state index in [0.717, 1.165) is 0 Å². The molecule has 0 spiro atoms. The molecule has 0 aliphatic heterocycles. The summed E-state index contributed by atoms with van der Waals surface area (Å²) in [7, 11) is 0. The predicted molar refractivity (Wildman–Crippen MR) is 47.8 cm³/mol. The molecule has 0 fully saturated rings. The highest BCUT2D eigenvalue weighted by molar-refractivity contribution is 7.15. The number of carbonyl (C=O) groups is 1. The molecule has 1 amide bonds. The van der Waals surface area contributed by atoms with E-state index in [1.54, 1.807) is 5.32 Å². The first-order chi connectivity index (χ1) is 8.04. The molecule has 0 aromatic carbocycles. The molecule has 102 valence electrons. The first-order valence-electron chi connectivity index (χ1n) is 4.06. The SMILES string of the molecule is O=CNc1ncc(C(O)(C(F)(F)F)C(F)(F)F)s1. The van der Waals surface area contributed by atoms with Gasteiger partial charge in [0.25, 0.3) is 5.60 Å². The molecule has 0 saturated heterocycles. The zero-order chi connectivity index (χ0) is 14.2. The number of hydrogen-bond acceptors (Lipinski definition) is 4. The first kappa shape index (κ1) is 14.7. The highest BCUT2D eigenvalue weighted by atomic mass is 32.1. The molecular weight excluding hydrogens is 290 g/mol. The summed E-state index contributed by atoms with van der Waals surface area (Å²) in [6, 6.07) is 0. The van der Waals surface area contributed by atoms with Crippen LogP contribution in [0.1, 0.15) is 4.88 Å². The second-order valence-electron chi connectivity index (χ2n) is 3.00. The molecule has 0 atom stereocenters. The van der Waals surface area contributed by atoms with E-state index in [-0.39, 0.29) is 23.9 Å². The van der Waals surface area contributed by atoms with Crippen LogP contribution in [0.15, 0.2) is 6.20 Å². The molecule has 0 saturated carbocycles. The minimum Gasteiger partial charge on any atom is -0.369 e. The van der Waals surface area contributed by atoms with Crippen LogP contribution in [0.5, 0.6) is 0 Å². The average molecular weight is 294 g/mol. The van der Waals surface area contributed by atoms with E-state index in [2.05, 4.69) is 4.98 Å². The topological polar surface area (TPSA) is 62.2 Å². The van der Waals surface area contributed by atoms with Crippen LogP contribution >= 0.6 is 11.3 Å². The maximum absolute atomic E-state index is 12.4. The summed E-state index contributed by atoms with van der Waals surface area (Å²) in [4.78, 5) is 11.6. The standard InChI is InChI=1S/C7H4F6N2O2S/c8-6(9,10)5(17,7(11,12)13)3-1-14-4(18-3)15-2-16/h1-2,17H,(H,14,15,16). The first-order valence-corrected chi connectivity index (χ1v) is 4.88. The molecule has 11 heteroatoms. The Balaban J connectivity index is 3.31. The monoisotopic (exact) mass is 294 g/mol. The summed E-state index contributed by atoms with van der Waals surface area (Å²) in [6.45, 7) is 0. The van der Waals surface area contributed by atoms with Crippen molar-refractivity contribution in [1.82, 2.24) is 4.98 Å². The lowest BCUT2D eigenvalue weighted by Crippen LogP contribution is -2.53. The summed E-state index contributed by atoms with van der Waals surface area (Å²) in [5, 5.41) is 10.2. The Morgan fingerprint density at radius 3 is 2.11 bits per heavy atom. The van der Waals surface area contributed by atoms with E-state index in [0.29, 0.717) is 0 Å². The predicted octanol–water partition coefficient (Wildman–Crippen LogP) is 2.02. The Kier molecular flexibility index (Phi) is 3.58. The van der Waals surface area contributed by atoms with Crippen molar-refractivity contribution in [2.24, 2.45) is 0 Å². The lowest BCUT2D eigenvalue weighted by atomic mass is 10.0. The van der Waals surface area contributed by atoms with Crippen LogP contribution in [0.4, 0.5) is 31.5 Å². The number of anilines is 1. The van der Waals surface area contributed by atoms with Gasteiger partial charge in [-0.05, 0) is 0 Å². The van der Waals surface area contributed by atoms with Crippen LogP contribution < -0.4 is 5.32 Å². The fraction of sp³-hybridized carbons (Fsp3) is 0.429. The van der Waals surface area contributed by atoms with Gasteiger partial charge in [0.2, 0.25) is 6.41 Å². The molecule has 1 aromatic heterocycles. The minimum atomic E-state index is -5.96. The van der Waals surface area contributed by atoms with Crippen molar-refractivity contribution < 1.29 is 36.2 Å². The van der Waals surface area contributed by atoms with Gasteiger partial charge in [-0.3, -0.25) is 4.79 Å². The van der Waals surface area contributed by atoms with E-state index in [4.69, 9.17) is 5.11 Å². The van der Waals surface area contributed by atoms with Crippen molar-refractivity contribution in [3.63, 3.8) is 0 Å². The smallest absolute Gasteiger partial charge is 0.369 e. The Labute approximate surface area is 99.3 Å². The summed E-state index contributed by atoms with van der Waals surface area (Å²) in [5.74, 6) is 0. The number of aliphatic hydroxyl groups is 1. The van der Waals surface area contributed by atoms with Gasteiger partial charge in [-0.2, -0.15) is 26.3 Å². The van der Waals surface area contributed by atoms with Gasteiger partial charge >= 0.3 is 12.4 Å². The van der Waals surface area contributed by atoms with Gasteiger partial charge < -0.3 is 10.4 Å². The molecule has 4 nitrogen and oxygen atoms in total. The van der Waals surface area contributed by atoms with Gasteiger partial charge in [0.1, 0.15) is 0 Å². The normalized spacial score (nSPS) is 13.5. The van der Waals surface area contributed by atoms with Crippen LogP contribution in [-0.4, -0.2) is 28.9 Å². The Hall–Kier alpha value is -1.36. The molecule has 0 unspecified atom stereocenters. The Bertz CT molecular complexity index is 426. The highest BCUT2D eigenvalue weighted by Gasteiger charge is 2.72. The molecule has 2 N–H and O–H groups in total. The number of nitrogens with zero attached hydrogens (tertiary/aromatic N) is 1. The lowest BCUT2D eigenvalue weighted by Gasteiger charge is -2.30. The number of thiazole rings is 1. The second kappa shape index (κ2) is 4.39. The number of rotatable bonds is 3. The summed E-state index contributed by atoms with van der Waals surface area (Å²) in [5.41, 5.74) is -5.01. The van der Waals surface area contributed by atoms with E-state index < -0.39 is 28.0 Å². The van der Waals surface area contributed by atoms with E-state index >= 15 is 0 Å². The van der Waals surface area contributed by atoms with Crippen LogP contribution in [0.2, 0.25) is 0 Å². The molecule has 0 aliphatic carbocycles. The molecule has 18 heavy (non-hydrogen) atoms. The van der Waals surface area contributed by atoms with Crippen molar-refractivity contribution in [3.05, 3.63) is 11.1 Å². The third kappa shape index (κ3) is 2.27. The summed E-state index contributed by atoms with van der Waals surface area (Å²) < 4.78 is 74.4. The summed E-state index contributed by atoms with van der Waals surface area (Å²) >= 11 is -0.125. The number of alkyl halides is 6. The molecule has 1 heterocycles. The van der Waals surface area contributed by atoms with Gasteiger partial charge in [0.15, 0.2) is 5.13 Å². The molecule has 0 radical (unpaired) electrons. The Morgan fingerprint density at radius 1 is 1.22 bits per heavy atom. The second-order valence-corrected chi connectivity index (χ2v) is 4.03. The van der Waals surface area contributed by atoms with Gasteiger partial charge in [-0.25, -0.2) is 4.98 Å². The molecule has 0 aliphatic rings. The van der Waals surface area contributed by atoms with E-state index in [9.17, 15) is 31.1 Å². The lowest BCUT2D eigenvalue weighted by molar-refractivity contribution is -0.375. The molecule has 1 aromatic rings. The zero-order valence-corrected chi connectivity index (χ0v) is 8.95. The number of aromatic nitrogens is 1. The van der Waals surface area contributed by atoms with E-state index in [1.807, 2.05) is 0 Å². The van der Waals surface area contributed by atoms with Gasteiger partial charge in [0.05, 0.1) is 4.88 Å². The third-order valence-electron chi connectivity index (χ3n) is 1.87. The van der Waals surface area contributed by atoms with Gasteiger partial charge in [-0.15, -0.1) is 0 Å². The highest BCUT2D eigenvalue weighted by Crippen LogP contribution is 2.51. The number of hydrogen-bond donors (Lipinski definition) is 2. The average Bonchev–Trinajstić information content (AvgIpc) is 2.62. The molecule has 1 rings (SSSR count). The van der Waals surface area contributed by atoms with Crippen molar-refractivity contribution in [2.45, 2.75) is 18.0 Å². The number of halogens is 6. The van der Waals surface area contributed by atoms with Gasteiger partial charge in [0, 0.05) is 6.20 Å².